The van der Waals surface area contributed by atoms with Crippen molar-refractivity contribution < 1.29 is 9.59 Å². The Morgan fingerprint density at radius 1 is 1.07 bits per heavy atom. The Kier molecular flexibility index (Phi) is 5.75. The minimum absolute atomic E-state index is 0.372. The standard InChI is InChI=1S/C19H16Cl3N3O2/c1-12-15(18(27)25(24-12)14-10-6-3-7-11-14)16(19(20,21)22)23-17(26)13-8-4-2-5-9-13/h2-11,15-16H,1H3,(H,23,26)/t15-,16+/m1/s1. The summed E-state index contributed by atoms with van der Waals surface area (Å²) in [4.78, 5) is 25.6. The van der Waals surface area contributed by atoms with E-state index in [2.05, 4.69) is 10.4 Å². The molecular formula is C19H16Cl3N3O2. The molecule has 0 saturated carbocycles. The van der Waals surface area contributed by atoms with Crippen molar-refractivity contribution in [2.24, 2.45) is 11.0 Å². The SMILES string of the molecule is CC1=NN(c2ccccc2)C(=O)[C@H]1[C@H](NC(=O)c1ccccc1)C(Cl)(Cl)Cl. The molecule has 2 aromatic rings. The van der Waals surface area contributed by atoms with Gasteiger partial charge < -0.3 is 5.32 Å². The van der Waals surface area contributed by atoms with Crippen molar-refractivity contribution in [3.05, 3.63) is 66.2 Å². The second-order valence-electron chi connectivity index (χ2n) is 6.06. The summed E-state index contributed by atoms with van der Waals surface area (Å²) in [5.41, 5.74) is 1.45. The molecule has 140 valence electrons. The molecule has 0 spiro atoms. The fourth-order valence-electron chi connectivity index (χ4n) is 2.89. The number of halogens is 3. The maximum Gasteiger partial charge on any atom is 0.258 e. The molecule has 0 bridgehead atoms. The number of rotatable bonds is 4. The molecule has 2 atom stereocenters. The number of hydrazone groups is 1. The summed E-state index contributed by atoms with van der Waals surface area (Å²) in [6.45, 7) is 1.67. The molecule has 1 aliphatic heterocycles. The molecule has 8 heteroatoms. The van der Waals surface area contributed by atoms with Gasteiger partial charge in [-0.05, 0) is 31.2 Å². The van der Waals surface area contributed by atoms with E-state index in [1.54, 1.807) is 61.5 Å². The van der Waals surface area contributed by atoms with E-state index in [1.165, 1.54) is 5.01 Å². The zero-order valence-corrected chi connectivity index (χ0v) is 16.5. The average molecular weight is 425 g/mol. The van der Waals surface area contributed by atoms with Gasteiger partial charge in [-0.25, -0.2) is 5.01 Å². The molecule has 1 aliphatic rings. The second kappa shape index (κ2) is 7.89. The van der Waals surface area contributed by atoms with E-state index in [0.717, 1.165) is 0 Å². The van der Waals surface area contributed by atoms with E-state index < -0.39 is 21.7 Å². The van der Waals surface area contributed by atoms with Crippen LogP contribution in [0.4, 0.5) is 5.69 Å². The summed E-state index contributed by atoms with van der Waals surface area (Å²) in [5.74, 6) is -1.71. The minimum atomic E-state index is -1.91. The third kappa shape index (κ3) is 4.26. The number of carbonyl (C=O) groups excluding carboxylic acids is 2. The van der Waals surface area contributed by atoms with Crippen LogP contribution in [-0.2, 0) is 4.79 Å². The third-order valence-electron chi connectivity index (χ3n) is 4.19. The Bertz CT molecular complexity index is 867. The topological polar surface area (TPSA) is 61.8 Å². The van der Waals surface area contributed by atoms with Gasteiger partial charge in [-0.2, -0.15) is 5.10 Å². The largest absolute Gasteiger partial charge is 0.344 e. The Hall–Kier alpha value is -2.08. The van der Waals surface area contributed by atoms with Crippen molar-refractivity contribution in [1.82, 2.24) is 5.32 Å². The first kappa shape index (κ1) is 19.7. The summed E-state index contributed by atoms with van der Waals surface area (Å²) in [6.07, 6.45) is 0. The smallest absolute Gasteiger partial charge is 0.258 e. The molecule has 1 heterocycles. The fraction of sp³-hybridized carbons (Fsp3) is 0.211. The lowest BCUT2D eigenvalue weighted by Crippen LogP contribution is -2.53. The van der Waals surface area contributed by atoms with Crippen LogP contribution in [0.25, 0.3) is 0 Å². The number of para-hydroxylation sites is 1. The van der Waals surface area contributed by atoms with Gasteiger partial charge in [-0.1, -0.05) is 71.2 Å². The van der Waals surface area contributed by atoms with E-state index in [-0.39, 0.29) is 5.91 Å². The average Bonchev–Trinajstić information content (AvgIpc) is 2.94. The Morgan fingerprint density at radius 3 is 2.19 bits per heavy atom. The van der Waals surface area contributed by atoms with E-state index >= 15 is 0 Å². The monoisotopic (exact) mass is 423 g/mol. The lowest BCUT2D eigenvalue weighted by atomic mass is 9.95. The number of hydrogen-bond acceptors (Lipinski definition) is 3. The Balaban J connectivity index is 1.89. The molecule has 1 N–H and O–H groups in total. The highest BCUT2D eigenvalue weighted by Crippen LogP contribution is 2.38. The highest BCUT2D eigenvalue weighted by molar-refractivity contribution is 6.68. The van der Waals surface area contributed by atoms with Gasteiger partial charge in [0.15, 0.2) is 0 Å². The minimum Gasteiger partial charge on any atom is -0.344 e. The maximum absolute atomic E-state index is 13.0. The van der Waals surface area contributed by atoms with Crippen LogP contribution in [0.2, 0.25) is 0 Å². The zero-order valence-electron chi connectivity index (χ0n) is 14.3. The van der Waals surface area contributed by atoms with Crippen molar-refractivity contribution >= 4 is 58.0 Å². The molecular weight excluding hydrogens is 409 g/mol. The quantitative estimate of drug-likeness (QED) is 0.748. The van der Waals surface area contributed by atoms with Crippen LogP contribution in [0.1, 0.15) is 17.3 Å². The summed E-state index contributed by atoms with van der Waals surface area (Å²) < 4.78 is -1.91. The number of hydrogen-bond donors (Lipinski definition) is 1. The lowest BCUT2D eigenvalue weighted by molar-refractivity contribution is -0.120. The highest BCUT2D eigenvalue weighted by atomic mass is 35.6. The van der Waals surface area contributed by atoms with E-state index in [4.69, 9.17) is 34.8 Å². The van der Waals surface area contributed by atoms with E-state index in [1.807, 2.05) is 6.07 Å². The second-order valence-corrected chi connectivity index (χ2v) is 8.43. The fourth-order valence-corrected chi connectivity index (χ4v) is 3.43. The van der Waals surface area contributed by atoms with Crippen LogP contribution >= 0.6 is 34.8 Å². The van der Waals surface area contributed by atoms with E-state index in [9.17, 15) is 9.59 Å². The van der Waals surface area contributed by atoms with Gasteiger partial charge in [-0.15, -0.1) is 0 Å². The molecule has 2 amide bonds. The molecule has 0 saturated heterocycles. The van der Waals surface area contributed by atoms with Gasteiger partial charge in [0, 0.05) is 5.56 Å². The van der Waals surface area contributed by atoms with Crippen molar-refractivity contribution in [3.63, 3.8) is 0 Å². The molecule has 27 heavy (non-hydrogen) atoms. The third-order valence-corrected chi connectivity index (χ3v) is 4.90. The first-order valence-electron chi connectivity index (χ1n) is 8.16. The number of benzene rings is 2. The first-order chi connectivity index (χ1) is 12.8. The van der Waals surface area contributed by atoms with Crippen LogP contribution in [0.15, 0.2) is 65.8 Å². The van der Waals surface area contributed by atoms with Gasteiger partial charge in [0.25, 0.3) is 11.8 Å². The van der Waals surface area contributed by atoms with Crippen LogP contribution in [-0.4, -0.2) is 27.4 Å². The Morgan fingerprint density at radius 2 is 1.63 bits per heavy atom. The number of anilines is 1. The number of alkyl halides is 3. The molecule has 5 nitrogen and oxygen atoms in total. The van der Waals surface area contributed by atoms with Crippen LogP contribution < -0.4 is 10.3 Å². The predicted molar refractivity (Wildman–Crippen MR) is 109 cm³/mol. The Labute approximate surface area is 171 Å². The lowest BCUT2D eigenvalue weighted by Gasteiger charge is -2.30. The van der Waals surface area contributed by atoms with Crippen molar-refractivity contribution in [2.45, 2.75) is 16.8 Å². The van der Waals surface area contributed by atoms with Gasteiger partial charge in [-0.3, -0.25) is 9.59 Å². The maximum atomic E-state index is 13.0. The van der Waals surface area contributed by atoms with Crippen molar-refractivity contribution in [2.75, 3.05) is 5.01 Å². The molecule has 0 aromatic heterocycles. The summed E-state index contributed by atoms with van der Waals surface area (Å²) in [6, 6.07) is 16.4. The molecule has 3 rings (SSSR count). The number of nitrogens with zero attached hydrogens (tertiary/aromatic N) is 2. The summed E-state index contributed by atoms with van der Waals surface area (Å²) >= 11 is 18.4. The molecule has 0 fully saturated rings. The number of carbonyl (C=O) groups is 2. The van der Waals surface area contributed by atoms with Crippen LogP contribution in [0.3, 0.4) is 0 Å². The van der Waals surface area contributed by atoms with Gasteiger partial charge in [0.1, 0.15) is 5.92 Å². The molecule has 2 aromatic carbocycles. The van der Waals surface area contributed by atoms with Crippen LogP contribution in [0.5, 0.6) is 0 Å². The first-order valence-corrected chi connectivity index (χ1v) is 9.29. The van der Waals surface area contributed by atoms with Gasteiger partial charge in [0.05, 0.1) is 17.4 Å². The summed E-state index contributed by atoms with van der Waals surface area (Å²) in [5, 5.41) is 8.26. The van der Waals surface area contributed by atoms with Gasteiger partial charge in [0.2, 0.25) is 3.79 Å². The highest BCUT2D eigenvalue weighted by Gasteiger charge is 2.49. The zero-order chi connectivity index (χ0) is 19.6. The van der Waals surface area contributed by atoms with Crippen molar-refractivity contribution in [1.29, 1.82) is 0 Å². The number of nitrogens with one attached hydrogen (secondary N) is 1. The molecule has 0 radical (unpaired) electrons. The van der Waals surface area contributed by atoms with Crippen LogP contribution in [0, 0.1) is 5.92 Å². The summed E-state index contributed by atoms with van der Waals surface area (Å²) in [7, 11) is 0. The van der Waals surface area contributed by atoms with E-state index in [0.29, 0.717) is 17.0 Å². The predicted octanol–water partition coefficient (Wildman–Crippen LogP) is 4.19. The molecule has 0 aliphatic carbocycles. The van der Waals surface area contributed by atoms with Crippen molar-refractivity contribution in [3.8, 4) is 0 Å². The number of amides is 2. The van der Waals surface area contributed by atoms with Gasteiger partial charge >= 0.3 is 0 Å². The normalized spacial score (nSPS) is 18.2. The molecule has 0 unspecified atom stereocenters.